The zero-order chi connectivity index (χ0) is 19.4. The first-order chi connectivity index (χ1) is 12.0. The number of hydrogen-bond donors (Lipinski definition) is 2. The molecule has 0 radical (unpaired) electrons. The number of amides is 1. The number of sulfonamides is 1. The number of aliphatic hydroxyl groups is 1. The SMILES string of the molecule is CC1(O)N(c2cc(NS(=O)(=O)CCl)c(Cl)cc2F)C(=O)[C@H]2C[C@H](F)CN21. The number of nitrogens with one attached hydrogen (secondary N) is 1. The third-order valence-corrected chi connectivity index (χ3v) is 6.40. The van der Waals surface area contributed by atoms with Gasteiger partial charge in [-0.15, -0.1) is 11.6 Å². The molecule has 7 nitrogen and oxygen atoms in total. The Labute approximate surface area is 158 Å². The highest BCUT2D eigenvalue weighted by atomic mass is 35.5. The van der Waals surface area contributed by atoms with Crippen LogP contribution in [0.5, 0.6) is 0 Å². The lowest BCUT2D eigenvalue weighted by Crippen LogP contribution is -2.52. The minimum atomic E-state index is -3.93. The summed E-state index contributed by atoms with van der Waals surface area (Å²) >= 11 is 11.2. The van der Waals surface area contributed by atoms with Gasteiger partial charge in [-0.1, -0.05) is 11.6 Å². The molecule has 1 aromatic carbocycles. The Kier molecular flexibility index (Phi) is 4.85. The molecule has 0 spiro atoms. The molecule has 2 aliphatic rings. The van der Waals surface area contributed by atoms with E-state index < -0.39 is 45.0 Å². The van der Waals surface area contributed by atoms with E-state index in [1.807, 2.05) is 0 Å². The van der Waals surface area contributed by atoms with E-state index in [1.165, 1.54) is 11.8 Å². The lowest BCUT2D eigenvalue weighted by molar-refractivity contribution is -0.119. The molecule has 0 bridgehead atoms. The van der Waals surface area contributed by atoms with Crippen LogP contribution >= 0.6 is 23.2 Å². The molecule has 0 aromatic heterocycles. The van der Waals surface area contributed by atoms with Gasteiger partial charge in [0.2, 0.25) is 21.8 Å². The molecule has 12 heteroatoms. The highest BCUT2D eigenvalue weighted by Crippen LogP contribution is 2.42. The van der Waals surface area contributed by atoms with Crippen LogP contribution in [0.1, 0.15) is 13.3 Å². The van der Waals surface area contributed by atoms with Gasteiger partial charge in [-0.2, -0.15) is 0 Å². The van der Waals surface area contributed by atoms with Gasteiger partial charge in [-0.05, 0) is 19.1 Å². The Bertz CT molecular complexity index is 868. The number of halogens is 4. The molecule has 144 valence electrons. The molecule has 2 N–H and O–H groups in total. The topological polar surface area (TPSA) is 90.0 Å². The van der Waals surface area contributed by atoms with Crippen LogP contribution in [-0.4, -0.2) is 54.2 Å². The van der Waals surface area contributed by atoms with Crippen molar-refractivity contribution in [2.45, 2.75) is 31.4 Å². The fourth-order valence-corrected chi connectivity index (χ4v) is 4.28. The van der Waals surface area contributed by atoms with E-state index >= 15 is 0 Å². The molecule has 2 aliphatic heterocycles. The molecule has 1 aromatic rings. The Balaban J connectivity index is 2.05. The third-order valence-electron chi connectivity index (χ3n) is 4.41. The monoisotopic (exact) mass is 429 g/mol. The first-order valence-corrected chi connectivity index (χ1v) is 10.1. The van der Waals surface area contributed by atoms with Crippen LogP contribution in [0.3, 0.4) is 0 Å². The smallest absolute Gasteiger partial charge is 0.248 e. The van der Waals surface area contributed by atoms with Gasteiger partial charge in [0.15, 0.2) is 0 Å². The highest BCUT2D eigenvalue weighted by molar-refractivity contribution is 7.93. The minimum absolute atomic E-state index is 0.119. The van der Waals surface area contributed by atoms with Crippen LogP contribution in [0.4, 0.5) is 20.2 Å². The van der Waals surface area contributed by atoms with E-state index in [-0.39, 0.29) is 29.4 Å². The molecular weight excluding hydrogens is 415 g/mol. The summed E-state index contributed by atoms with van der Waals surface area (Å²) in [7, 11) is -3.93. The number of fused-ring (bicyclic) bond motifs is 1. The number of carbonyl (C=O) groups is 1. The predicted molar refractivity (Wildman–Crippen MR) is 92.8 cm³/mol. The van der Waals surface area contributed by atoms with E-state index in [9.17, 15) is 27.1 Å². The van der Waals surface area contributed by atoms with E-state index in [2.05, 4.69) is 4.72 Å². The summed E-state index contributed by atoms with van der Waals surface area (Å²) in [5, 5.41) is 9.72. The molecule has 2 heterocycles. The third kappa shape index (κ3) is 3.13. The van der Waals surface area contributed by atoms with Gasteiger partial charge in [0, 0.05) is 13.0 Å². The Morgan fingerprint density at radius 3 is 2.69 bits per heavy atom. The Morgan fingerprint density at radius 1 is 1.46 bits per heavy atom. The predicted octanol–water partition coefficient (Wildman–Crippen LogP) is 1.84. The van der Waals surface area contributed by atoms with Crippen LogP contribution in [-0.2, 0) is 14.8 Å². The summed E-state index contributed by atoms with van der Waals surface area (Å²) in [5.41, 5.74) is -0.593. The molecular formula is C14H15Cl2F2N3O4S. The van der Waals surface area contributed by atoms with Gasteiger partial charge in [-0.3, -0.25) is 14.4 Å². The van der Waals surface area contributed by atoms with E-state index in [0.29, 0.717) is 0 Å². The maximum absolute atomic E-state index is 14.5. The van der Waals surface area contributed by atoms with Crippen molar-refractivity contribution in [3.63, 3.8) is 0 Å². The number of hydrogen-bond acceptors (Lipinski definition) is 5. The first kappa shape index (κ1) is 19.6. The summed E-state index contributed by atoms with van der Waals surface area (Å²) in [4.78, 5) is 14.6. The first-order valence-electron chi connectivity index (χ1n) is 7.50. The molecule has 0 aliphatic carbocycles. The maximum atomic E-state index is 14.5. The molecule has 2 saturated heterocycles. The van der Waals surface area contributed by atoms with Crippen molar-refractivity contribution in [1.29, 1.82) is 0 Å². The average molecular weight is 430 g/mol. The van der Waals surface area contributed by atoms with Gasteiger partial charge in [0.1, 0.15) is 17.2 Å². The summed E-state index contributed by atoms with van der Waals surface area (Å²) in [6.07, 6.45) is -1.40. The molecule has 0 saturated carbocycles. The quantitative estimate of drug-likeness (QED) is 0.712. The van der Waals surface area contributed by atoms with Crippen LogP contribution < -0.4 is 9.62 Å². The highest BCUT2D eigenvalue weighted by Gasteiger charge is 2.58. The molecule has 3 atom stereocenters. The second kappa shape index (κ2) is 6.45. The van der Waals surface area contributed by atoms with Crippen molar-refractivity contribution in [3.8, 4) is 0 Å². The molecule has 1 amide bonds. The molecule has 3 rings (SSSR count). The Hall–Kier alpha value is -1.20. The van der Waals surface area contributed by atoms with E-state index in [4.69, 9.17) is 23.2 Å². The number of benzene rings is 1. The van der Waals surface area contributed by atoms with Gasteiger partial charge >= 0.3 is 0 Å². The van der Waals surface area contributed by atoms with Crippen LogP contribution in [0.2, 0.25) is 5.02 Å². The average Bonchev–Trinajstić information content (AvgIpc) is 3.00. The second-order valence-corrected chi connectivity index (χ2v) is 8.97. The summed E-state index contributed by atoms with van der Waals surface area (Å²) in [5.74, 6) is -3.63. The number of rotatable bonds is 4. The van der Waals surface area contributed by atoms with Crippen LogP contribution in [0, 0.1) is 5.82 Å². The zero-order valence-corrected chi connectivity index (χ0v) is 15.7. The molecule has 2 fully saturated rings. The van der Waals surface area contributed by atoms with Crippen LogP contribution in [0.15, 0.2) is 12.1 Å². The Morgan fingerprint density at radius 2 is 2.12 bits per heavy atom. The van der Waals surface area contributed by atoms with Crippen molar-refractivity contribution < 1.29 is 27.1 Å². The van der Waals surface area contributed by atoms with Crippen molar-refractivity contribution >= 4 is 50.5 Å². The normalized spacial score (nSPS) is 29.3. The number of carbonyl (C=O) groups excluding carboxylic acids is 1. The second-order valence-electron chi connectivity index (χ2n) is 6.25. The summed E-state index contributed by atoms with van der Waals surface area (Å²) in [6, 6.07) is 0.870. The van der Waals surface area contributed by atoms with Crippen LogP contribution in [0.25, 0.3) is 0 Å². The number of alkyl halides is 2. The van der Waals surface area contributed by atoms with Gasteiger partial charge in [-0.25, -0.2) is 22.1 Å². The number of anilines is 2. The fraction of sp³-hybridized carbons (Fsp3) is 0.500. The number of nitrogens with zero attached hydrogens (tertiary/aromatic N) is 2. The van der Waals surface area contributed by atoms with E-state index in [0.717, 1.165) is 17.0 Å². The van der Waals surface area contributed by atoms with Crippen molar-refractivity contribution in [3.05, 3.63) is 23.0 Å². The molecule has 1 unspecified atom stereocenters. The zero-order valence-electron chi connectivity index (χ0n) is 13.4. The maximum Gasteiger partial charge on any atom is 0.248 e. The largest absolute Gasteiger partial charge is 0.358 e. The lowest BCUT2D eigenvalue weighted by atomic mass is 10.2. The van der Waals surface area contributed by atoms with Crippen molar-refractivity contribution in [2.75, 3.05) is 21.4 Å². The standard InChI is InChI=1S/C14H15Cl2F2N3O4S/c1-14(23)20-5-7(17)2-12(20)13(22)21(14)11-4-10(8(16)3-9(11)18)19-26(24,25)6-15/h3-4,7,12,19,23H,2,5-6H2,1H3/t7-,12+,14?/m0/s1. The van der Waals surface area contributed by atoms with Crippen molar-refractivity contribution in [1.82, 2.24) is 4.90 Å². The summed E-state index contributed by atoms with van der Waals surface area (Å²) in [6.45, 7) is 1.06. The van der Waals surface area contributed by atoms with Gasteiger partial charge < -0.3 is 5.11 Å². The van der Waals surface area contributed by atoms with Crippen molar-refractivity contribution in [2.24, 2.45) is 0 Å². The lowest BCUT2D eigenvalue weighted by Gasteiger charge is -2.35. The minimum Gasteiger partial charge on any atom is -0.358 e. The summed E-state index contributed by atoms with van der Waals surface area (Å²) < 4.78 is 53.5. The molecule has 26 heavy (non-hydrogen) atoms. The van der Waals surface area contributed by atoms with E-state index in [1.54, 1.807) is 0 Å². The fourth-order valence-electron chi connectivity index (χ4n) is 3.30. The van der Waals surface area contributed by atoms with Gasteiger partial charge in [0.25, 0.3) is 0 Å². The van der Waals surface area contributed by atoms with Gasteiger partial charge in [0.05, 0.1) is 22.4 Å².